The van der Waals surface area contributed by atoms with E-state index < -0.39 is 23.5 Å². The molecule has 3 aromatic rings. The van der Waals surface area contributed by atoms with Gasteiger partial charge in [0.05, 0.1) is 24.3 Å². The number of anilines is 1. The number of aryl methyl sites for hydroxylation is 1. The molecule has 156 valence electrons. The number of halogens is 1. The topological polar surface area (TPSA) is 66.8 Å². The molecule has 0 aliphatic carbocycles. The van der Waals surface area contributed by atoms with Crippen molar-refractivity contribution in [2.45, 2.75) is 13.0 Å². The number of rotatable bonds is 4. The minimum atomic E-state index is -0.879. The van der Waals surface area contributed by atoms with Crippen molar-refractivity contribution < 1.29 is 23.8 Å². The maximum absolute atomic E-state index is 13.5. The first kappa shape index (κ1) is 20.3. The van der Waals surface area contributed by atoms with E-state index in [2.05, 4.69) is 0 Å². The van der Waals surface area contributed by atoms with Crippen LogP contribution in [0.2, 0.25) is 0 Å². The Morgan fingerprint density at radius 2 is 1.71 bits per heavy atom. The number of hydrogen-bond acceptors (Lipinski definition) is 4. The molecule has 4 rings (SSSR count). The minimum Gasteiger partial charge on any atom is -0.507 e. The molecule has 1 N–H and O–H groups in total. The van der Waals surface area contributed by atoms with E-state index in [0.717, 1.165) is 5.56 Å². The average molecular weight is 417 g/mol. The Balaban J connectivity index is 1.98. The second-order valence-corrected chi connectivity index (χ2v) is 7.26. The SMILES string of the molecule is COc1ccccc1/C(O)=C1/C(=O)C(=O)N(c2ccc(F)cc2)C1c1cccc(C)c1. The lowest BCUT2D eigenvalue weighted by atomic mass is 9.94. The Morgan fingerprint density at radius 1 is 1.00 bits per heavy atom. The molecule has 0 bridgehead atoms. The average Bonchev–Trinajstić information content (AvgIpc) is 3.04. The van der Waals surface area contributed by atoms with Crippen molar-refractivity contribution in [2.24, 2.45) is 0 Å². The molecule has 1 unspecified atom stereocenters. The van der Waals surface area contributed by atoms with Gasteiger partial charge in [0.25, 0.3) is 11.7 Å². The molecule has 1 heterocycles. The van der Waals surface area contributed by atoms with Crippen LogP contribution in [0.1, 0.15) is 22.7 Å². The zero-order valence-electron chi connectivity index (χ0n) is 17.0. The number of ether oxygens (including phenoxy) is 1. The van der Waals surface area contributed by atoms with Crippen LogP contribution >= 0.6 is 0 Å². The third kappa shape index (κ3) is 3.57. The predicted octanol–water partition coefficient (Wildman–Crippen LogP) is 4.77. The highest BCUT2D eigenvalue weighted by molar-refractivity contribution is 6.51. The first-order valence-electron chi connectivity index (χ1n) is 9.69. The molecule has 0 aromatic heterocycles. The largest absolute Gasteiger partial charge is 0.507 e. The molecule has 5 nitrogen and oxygen atoms in total. The van der Waals surface area contributed by atoms with Gasteiger partial charge in [0.15, 0.2) is 0 Å². The van der Waals surface area contributed by atoms with Gasteiger partial charge in [-0.15, -0.1) is 0 Å². The summed E-state index contributed by atoms with van der Waals surface area (Å²) in [6, 6.07) is 18.5. The van der Waals surface area contributed by atoms with Crippen molar-refractivity contribution in [3.05, 3.63) is 101 Å². The van der Waals surface area contributed by atoms with Crippen LogP contribution in [0.4, 0.5) is 10.1 Å². The second-order valence-electron chi connectivity index (χ2n) is 7.26. The molecule has 31 heavy (non-hydrogen) atoms. The smallest absolute Gasteiger partial charge is 0.300 e. The Morgan fingerprint density at radius 3 is 2.39 bits per heavy atom. The van der Waals surface area contributed by atoms with Crippen LogP contribution in [0.3, 0.4) is 0 Å². The molecule has 1 atom stereocenters. The first-order chi connectivity index (χ1) is 14.9. The van der Waals surface area contributed by atoms with Crippen LogP contribution in [0.15, 0.2) is 78.4 Å². The van der Waals surface area contributed by atoms with Gasteiger partial charge in [-0.05, 0) is 48.9 Å². The number of Topliss-reactive ketones (excluding diaryl/α,β-unsaturated/α-hetero) is 1. The van der Waals surface area contributed by atoms with Gasteiger partial charge < -0.3 is 9.84 Å². The van der Waals surface area contributed by atoms with Crippen LogP contribution in [0.25, 0.3) is 5.76 Å². The van der Waals surface area contributed by atoms with Gasteiger partial charge in [0.1, 0.15) is 17.3 Å². The number of aliphatic hydroxyl groups excluding tert-OH is 1. The van der Waals surface area contributed by atoms with Gasteiger partial charge in [-0.2, -0.15) is 0 Å². The summed E-state index contributed by atoms with van der Waals surface area (Å²) in [6.45, 7) is 1.90. The molecule has 0 radical (unpaired) electrons. The summed E-state index contributed by atoms with van der Waals surface area (Å²) in [4.78, 5) is 27.5. The molecule has 1 fully saturated rings. The fourth-order valence-electron chi connectivity index (χ4n) is 3.84. The number of aliphatic hydroxyl groups is 1. The van der Waals surface area contributed by atoms with Gasteiger partial charge >= 0.3 is 0 Å². The van der Waals surface area contributed by atoms with Gasteiger partial charge in [-0.1, -0.05) is 42.0 Å². The molecule has 1 saturated heterocycles. The number of nitrogens with zero attached hydrogens (tertiary/aromatic N) is 1. The third-order valence-electron chi connectivity index (χ3n) is 5.27. The molecule has 6 heteroatoms. The first-order valence-corrected chi connectivity index (χ1v) is 9.69. The lowest BCUT2D eigenvalue weighted by molar-refractivity contribution is -0.132. The molecule has 0 spiro atoms. The van der Waals surface area contributed by atoms with Gasteiger partial charge in [-0.3, -0.25) is 14.5 Å². The number of para-hydroxylation sites is 1. The van der Waals surface area contributed by atoms with E-state index in [4.69, 9.17) is 4.74 Å². The Bertz CT molecular complexity index is 1200. The molecule has 0 saturated carbocycles. The highest BCUT2D eigenvalue weighted by Crippen LogP contribution is 2.43. The Hall–Kier alpha value is -3.93. The maximum Gasteiger partial charge on any atom is 0.300 e. The quantitative estimate of drug-likeness (QED) is 0.377. The van der Waals surface area contributed by atoms with Crippen LogP contribution in [-0.4, -0.2) is 23.9 Å². The van der Waals surface area contributed by atoms with E-state index in [0.29, 0.717) is 22.6 Å². The highest BCUT2D eigenvalue weighted by Gasteiger charge is 2.47. The van der Waals surface area contributed by atoms with Crippen molar-refractivity contribution >= 4 is 23.1 Å². The summed E-state index contributed by atoms with van der Waals surface area (Å²) in [5.74, 6) is -2.03. The monoisotopic (exact) mass is 417 g/mol. The van der Waals surface area contributed by atoms with E-state index in [1.807, 2.05) is 25.1 Å². The van der Waals surface area contributed by atoms with Crippen LogP contribution in [0, 0.1) is 12.7 Å². The molecule has 1 aliphatic rings. The number of hydrogen-bond donors (Lipinski definition) is 1. The van der Waals surface area contributed by atoms with Crippen LogP contribution in [-0.2, 0) is 9.59 Å². The molecular formula is C25H20FNO4. The summed E-state index contributed by atoms with van der Waals surface area (Å²) in [7, 11) is 1.46. The summed E-state index contributed by atoms with van der Waals surface area (Å²) in [5.41, 5.74) is 2.19. The molecular weight excluding hydrogens is 397 g/mol. The van der Waals surface area contributed by atoms with Crippen molar-refractivity contribution in [2.75, 3.05) is 12.0 Å². The normalized spacial score (nSPS) is 17.8. The van der Waals surface area contributed by atoms with E-state index in [9.17, 15) is 19.1 Å². The minimum absolute atomic E-state index is 0.0515. The van der Waals surface area contributed by atoms with Crippen LogP contribution in [0.5, 0.6) is 5.75 Å². The van der Waals surface area contributed by atoms with Crippen molar-refractivity contribution in [1.29, 1.82) is 0 Å². The van der Waals surface area contributed by atoms with Gasteiger partial charge in [-0.25, -0.2) is 4.39 Å². The number of methoxy groups -OCH3 is 1. The number of ketones is 1. The van der Waals surface area contributed by atoms with E-state index in [1.165, 1.54) is 36.3 Å². The molecule has 3 aromatic carbocycles. The van der Waals surface area contributed by atoms with E-state index >= 15 is 0 Å². The van der Waals surface area contributed by atoms with Crippen molar-refractivity contribution in [3.8, 4) is 5.75 Å². The number of carbonyl (C=O) groups excluding carboxylic acids is 2. The lowest BCUT2D eigenvalue weighted by Gasteiger charge is -2.25. The summed E-state index contributed by atoms with van der Waals surface area (Å²) < 4.78 is 18.8. The van der Waals surface area contributed by atoms with Crippen molar-refractivity contribution in [1.82, 2.24) is 0 Å². The highest BCUT2D eigenvalue weighted by atomic mass is 19.1. The maximum atomic E-state index is 13.5. The summed E-state index contributed by atoms with van der Waals surface area (Å²) in [5, 5.41) is 11.2. The van der Waals surface area contributed by atoms with Gasteiger partial charge in [0, 0.05) is 5.69 Å². The molecule has 1 aliphatic heterocycles. The zero-order chi connectivity index (χ0) is 22.1. The molecule has 1 amide bonds. The zero-order valence-corrected chi connectivity index (χ0v) is 17.0. The summed E-state index contributed by atoms with van der Waals surface area (Å²) >= 11 is 0. The van der Waals surface area contributed by atoms with E-state index in [1.54, 1.807) is 30.3 Å². The standard InChI is InChI=1S/C25H20FNO4/c1-15-6-5-7-16(14-15)22-21(23(28)19-8-3-4-9-20(19)31-2)24(29)25(30)27(22)18-12-10-17(26)11-13-18/h3-14,22,28H,1-2H3/b23-21-. The summed E-state index contributed by atoms with van der Waals surface area (Å²) in [6.07, 6.45) is 0. The van der Waals surface area contributed by atoms with Gasteiger partial charge in [0.2, 0.25) is 0 Å². The Kier molecular flexibility index (Phi) is 5.29. The second kappa shape index (κ2) is 8.07. The van der Waals surface area contributed by atoms with Crippen LogP contribution < -0.4 is 9.64 Å². The van der Waals surface area contributed by atoms with E-state index in [-0.39, 0.29) is 11.3 Å². The predicted molar refractivity (Wildman–Crippen MR) is 115 cm³/mol. The van der Waals surface area contributed by atoms with Crippen molar-refractivity contribution in [3.63, 3.8) is 0 Å². The fourth-order valence-corrected chi connectivity index (χ4v) is 3.84. The third-order valence-corrected chi connectivity index (χ3v) is 5.27. The number of benzene rings is 3. The fraction of sp³-hybridized carbons (Fsp3) is 0.120. The lowest BCUT2D eigenvalue weighted by Crippen LogP contribution is -2.29. The number of amides is 1. The number of carbonyl (C=O) groups is 2. The Labute approximate surface area is 179 Å².